The second-order valence-corrected chi connectivity index (χ2v) is 9.32. The molecule has 0 heterocycles. The van der Waals surface area contributed by atoms with Crippen LogP contribution < -0.4 is 4.43 Å². The third-order valence-electron chi connectivity index (χ3n) is 3.55. The van der Waals surface area contributed by atoms with Crippen LogP contribution in [-0.2, 0) is 16.6 Å². The van der Waals surface area contributed by atoms with Crippen molar-refractivity contribution in [3.63, 3.8) is 0 Å². The first-order valence-electron chi connectivity index (χ1n) is 7.63. The molecule has 2 aromatic rings. The molecule has 0 saturated heterocycles. The summed E-state index contributed by atoms with van der Waals surface area (Å²) in [4.78, 5) is 11.0. The van der Waals surface area contributed by atoms with Crippen LogP contribution in [0.5, 0.6) is 5.75 Å². The lowest BCUT2D eigenvalue weighted by Crippen LogP contribution is -2.18. The van der Waals surface area contributed by atoms with Crippen molar-refractivity contribution in [3.05, 3.63) is 41.5 Å². The third-order valence-corrected chi connectivity index (χ3v) is 4.26. The summed E-state index contributed by atoms with van der Waals surface area (Å²) in [6.07, 6.45) is 0.0359. The summed E-state index contributed by atoms with van der Waals surface area (Å²) in [6, 6.07) is 10.0. The highest BCUT2D eigenvalue weighted by atomic mass is 28.3. The third kappa shape index (κ3) is 3.68. The minimum Gasteiger partial charge on any atom is -0.546 e. The van der Waals surface area contributed by atoms with Crippen LogP contribution in [0.4, 0.5) is 0 Å². The number of hydrogen-bond donors (Lipinski definition) is 1. The molecule has 1 N–H and O–H groups in total. The lowest BCUT2D eigenvalue weighted by atomic mass is 9.84. The van der Waals surface area contributed by atoms with Gasteiger partial charge in [-0.25, -0.2) is 0 Å². The Bertz CT molecular complexity index is 699. The molecule has 0 aliphatic carbocycles. The molecule has 0 bridgehead atoms. The van der Waals surface area contributed by atoms with Crippen LogP contribution in [-0.4, -0.2) is 20.1 Å². The molecule has 2 aromatic carbocycles. The van der Waals surface area contributed by atoms with E-state index in [0.717, 1.165) is 22.1 Å². The lowest BCUT2D eigenvalue weighted by Gasteiger charge is -2.26. The molecule has 0 unspecified atom stereocenters. The van der Waals surface area contributed by atoms with Crippen molar-refractivity contribution in [3.8, 4) is 5.75 Å². The van der Waals surface area contributed by atoms with E-state index in [1.54, 1.807) is 0 Å². The minimum atomic E-state index is -1.27. The number of rotatable bonds is 4. The Labute approximate surface area is 133 Å². The van der Waals surface area contributed by atoms with Gasteiger partial charge in [0.15, 0.2) is 0 Å². The number of benzene rings is 2. The molecule has 4 heteroatoms. The van der Waals surface area contributed by atoms with Crippen LogP contribution in [0, 0.1) is 0 Å². The molecule has 0 fully saturated rings. The SMILES string of the molecule is C[SiH](C)Oc1c(C(C)(C)C)ccc2ccc(CC(=O)O)cc12. The normalized spacial score (nSPS) is 11.9. The maximum Gasteiger partial charge on any atom is 0.307 e. The highest BCUT2D eigenvalue weighted by molar-refractivity contribution is 6.49. The number of fused-ring (bicyclic) bond motifs is 1. The van der Waals surface area contributed by atoms with Gasteiger partial charge >= 0.3 is 5.97 Å². The summed E-state index contributed by atoms with van der Waals surface area (Å²) in [5.41, 5.74) is 1.96. The summed E-state index contributed by atoms with van der Waals surface area (Å²) in [5, 5.41) is 11.1. The molecule has 118 valence electrons. The number of carboxylic acid groups (broad SMARTS) is 1. The first kappa shape index (κ1) is 16.6. The van der Waals surface area contributed by atoms with E-state index in [-0.39, 0.29) is 11.8 Å². The Balaban J connectivity index is 2.69. The van der Waals surface area contributed by atoms with Gasteiger partial charge in [0.1, 0.15) is 5.75 Å². The molecule has 0 aromatic heterocycles. The maximum atomic E-state index is 11.0. The van der Waals surface area contributed by atoms with Gasteiger partial charge in [-0.2, -0.15) is 0 Å². The van der Waals surface area contributed by atoms with Gasteiger partial charge in [0.05, 0.1) is 6.42 Å². The average molecular weight is 316 g/mol. The molecule has 22 heavy (non-hydrogen) atoms. The first-order chi connectivity index (χ1) is 10.2. The van der Waals surface area contributed by atoms with Gasteiger partial charge in [0, 0.05) is 5.39 Å². The monoisotopic (exact) mass is 316 g/mol. The number of aliphatic carboxylic acids is 1. The largest absolute Gasteiger partial charge is 0.546 e. The summed E-state index contributed by atoms with van der Waals surface area (Å²) >= 11 is 0. The van der Waals surface area contributed by atoms with Crippen LogP contribution in [0.1, 0.15) is 31.9 Å². The minimum absolute atomic E-state index is 0.0182. The predicted octanol–water partition coefficient (Wildman–Crippen LogP) is 4.13. The maximum absolute atomic E-state index is 11.0. The van der Waals surface area contributed by atoms with E-state index in [9.17, 15) is 4.79 Å². The molecule has 0 spiro atoms. The molecule has 2 rings (SSSR count). The van der Waals surface area contributed by atoms with Crippen LogP contribution >= 0.6 is 0 Å². The van der Waals surface area contributed by atoms with Crippen molar-refractivity contribution in [2.75, 3.05) is 0 Å². The standard InChI is InChI=1S/C18H24O3Si/c1-18(2,3)15-9-8-13-7-6-12(11-16(19)20)10-14(13)17(15)21-22(4)5/h6-10,22H,11H2,1-5H3,(H,19,20). The smallest absolute Gasteiger partial charge is 0.307 e. The van der Waals surface area contributed by atoms with Gasteiger partial charge in [0.25, 0.3) is 0 Å². The quantitative estimate of drug-likeness (QED) is 0.863. The van der Waals surface area contributed by atoms with Crippen molar-refractivity contribution in [2.24, 2.45) is 0 Å². The average Bonchev–Trinajstić information content (AvgIpc) is 2.36. The fourth-order valence-electron chi connectivity index (χ4n) is 2.58. The predicted molar refractivity (Wildman–Crippen MR) is 93.5 cm³/mol. The van der Waals surface area contributed by atoms with Gasteiger partial charge in [-0.05, 0) is 41.1 Å². The Morgan fingerprint density at radius 1 is 1.18 bits per heavy atom. The van der Waals surface area contributed by atoms with Gasteiger partial charge in [-0.1, -0.05) is 45.0 Å². The summed E-state index contributed by atoms with van der Waals surface area (Å²) in [5.74, 6) is 0.117. The molecular weight excluding hydrogens is 292 g/mol. The van der Waals surface area contributed by atoms with Crippen molar-refractivity contribution >= 4 is 25.8 Å². The lowest BCUT2D eigenvalue weighted by molar-refractivity contribution is -0.136. The number of carbonyl (C=O) groups is 1. The molecule has 3 nitrogen and oxygen atoms in total. The fraction of sp³-hybridized carbons (Fsp3) is 0.389. The summed E-state index contributed by atoms with van der Waals surface area (Å²) in [7, 11) is -1.27. The molecule has 0 aliphatic rings. The van der Waals surface area contributed by atoms with Gasteiger partial charge in [-0.15, -0.1) is 0 Å². The number of hydrogen-bond acceptors (Lipinski definition) is 2. The van der Waals surface area contributed by atoms with E-state index in [1.165, 1.54) is 5.56 Å². The molecule has 0 amide bonds. The molecule has 0 atom stereocenters. The summed E-state index contributed by atoms with van der Waals surface area (Å²) in [6.45, 7) is 10.8. The summed E-state index contributed by atoms with van der Waals surface area (Å²) < 4.78 is 6.24. The van der Waals surface area contributed by atoms with Crippen LogP contribution in [0.25, 0.3) is 10.8 Å². The molecule has 0 aliphatic heterocycles. The second-order valence-electron chi connectivity index (χ2n) is 6.98. The molecular formula is C18H24O3Si. The Hall–Kier alpha value is -1.81. The van der Waals surface area contributed by atoms with Crippen molar-refractivity contribution < 1.29 is 14.3 Å². The highest BCUT2D eigenvalue weighted by Gasteiger charge is 2.21. The highest BCUT2D eigenvalue weighted by Crippen LogP contribution is 2.38. The fourth-order valence-corrected chi connectivity index (χ4v) is 3.30. The molecule has 0 radical (unpaired) electrons. The van der Waals surface area contributed by atoms with Crippen LogP contribution in [0.3, 0.4) is 0 Å². The zero-order valence-corrected chi connectivity index (χ0v) is 15.1. The first-order valence-corrected chi connectivity index (χ1v) is 10.4. The van der Waals surface area contributed by atoms with E-state index in [1.807, 2.05) is 18.2 Å². The Morgan fingerprint density at radius 3 is 2.36 bits per heavy atom. The zero-order valence-electron chi connectivity index (χ0n) is 13.9. The Kier molecular flexibility index (Phi) is 4.61. The van der Waals surface area contributed by atoms with E-state index in [4.69, 9.17) is 9.53 Å². The van der Waals surface area contributed by atoms with E-state index in [0.29, 0.717) is 0 Å². The van der Waals surface area contributed by atoms with Crippen LogP contribution in [0.2, 0.25) is 13.1 Å². The van der Waals surface area contributed by atoms with Gasteiger partial charge in [-0.3, -0.25) is 4.79 Å². The van der Waals surface area contributed by atoms with Crippen molar-refractivity contribution in [2.45, 2.75) is 45.7 Å². The topological polar surface area (TPSA) is 46.5 Å². The molecule has 0 saturated carbocycles. The Morgan fingerprint density at radius 2 is 1.82 bits per heavy atom. The van der Waals surface area contributed by atoms with Gasteiger partial charge in [0.2, 0.25) is 9.04 Å². The van der Waals surface area contributed by atoms with E-state index < -0.39 is 15.0 Å². The zero-order chi connectivity index (χ0) is 16.5. The van der Waals surface area contributed by atoms with Crippen molar-refractivity contribution in [1.82, 2.24) is 0 Å². The van der Waals surface area contributed by atoms with E-state index >= 15 is 0 Å². The van der Waals surface area contributed by atoms with E-state index in [2.05, 4.69) is 46.0 Å². The van der Waals surface area contributed by atoms with Crippen molar-refractivity contribution in [1.29, 1.82) is 0 Å². The van der Waals surface area contributed by atoms with Crippen LogP contribution in [0.15, 0.2) is 30.3 Å². The second kappa shape index (κ2) is 6.13. The number of carboxylic acids is 1. The van der Waals surface area contributed by atoms with Gasteiger partial charge < -0.3 is 9.53 Å².